The number of rotatable bonds is 5. The molecule has 1 fully saturated rings. The third-order valence-electron chi connectivity index (χ3n) is 2.92. The number of hydrogen-bond donors (Lipinski definition) is 2. The van der Waals surface area contributed by atoms with E-state index < -0.39 is 10.0 Å². The number of hydrogen-bond acceptors (Lipinski definition) is 3. The summed E-state index contributed by atoms with van der Waals surface area (Å²) in [7, 11) is -3.17. The minimum absolute atomic E-state index is 0.234. The van der Waals surface area contributed by atoms with E-state index in [1.165, 1.54) is 0 Å². The van der Waals surface area contributed by atoms with Gasteiger partial charge in [-0.25, -0.2) is 13.1 Å². The number of anilines is 1. The van der Waals surface area contributed by atoms with Gasteiger partial charge in [-0.05, 0) is 43.4 Å². The SMILES string of the molecule is CC(NS(=O)(=O)CC1CC1)c1cccc(N)c1. The molecular formula is C12H18N2O2S. The number of nitrogens with two attached hydrogens (primary N) is 1. The number of sulfonamides is 1. The molecule has 0 saturated heterocycles. The summed E-state index contributed by atoms with van der Waals surface area (Å²) < 4.78 is 26.3. The summed E-state index contributed by atoms with van der Waals surface area (Å²) in [5.41, 5.74) is 7.22. The molecule has 1 saturated carbocycles. The standard InChI is InChI=1S/C12H18N2O2S/c1-9(11-3-2-4-12(13)7-11)14-17(15,16)8-10-5-6-10/h2-4,7,9-10,14H,5-6,8,13H2,1H3. The zero-order valence-corrected chi connectivity index (χ0v) is 10.7. The maximum Gasteiger partial charge on any atom is 0.212 e. The highest BCUT2D eigenvalue weighted by atomic mass is 32.2. The summed E-state index contributed by atoms with van der Waals surface area (Å²) in [6.45, 7) is 1.83. The molecule has 1 aromatic carbocycles. The topological polar surface area (TPSA) is 72.2 Å². The lowest BCUT2D eigenvalue weighted by molar-refractivity contribution is 0.563. The Morgan fingerprint density at radius 2 is 2.18 bits per heavy atom. The molecule has 0 aromatic heterocycles. The number of benzene rings is 1. The van der Waals surface area contributed by atoms with E-state index in [-0.39, 0.29) is 11.8 Å². The van der Waals surface area contributed by atoms with Gasteiger partial charge in [-0.15, -0.1) is 0 Å². The van der Waals surface area contributed by atoms with Gasteiger partial charge < -0.3 is 5.73 Å². The predicted molar refractivity (Wildman–Crippen MR) is 68.9 cm³/mol. The molecule has 4 nitrogen and oxygen atoms in total. The molecule has 0 spiro atoms. The van der Waals surface area contributed by atoms with Crippen molar-refractivity contribution in [1.29, 1.82) is 0 Å². The molecule has 5 heteroatoms. The van der Waals surface area contributed by atoms with Crippen LogP contribution in [0.5, 0.6) is 0 Å². The van der Waals surface area contributed by atoms with Gasteiger partial charge >= 0.3 is 0 Å². The van der Waals surface area contributed by atoms with Crippen molar-refractivity contribution >= 4 is 15.7 Å². The minimum atomic E-state index is -3.17. The monoisotopic (exact) mass is 254 g/mol. The van der Waals surface area contributed by atoms with Gasteiger partial charge in [0, 0.05) is 11.7 Å². The van der Waals surface area contributed by atoms with Crippen LogP contribution in [0, 0.1) is 5.92 Å². The van der Waals surface area contributed by atoms with Gasteiger partial charge in [0.1, 0.15) is 0 Å². The van der Waals surface area contributed by atoms with Gasteiger partial charge in [0.25, 0.3) is 0 Å². The molecule has 0 bridgehead atoms. The van der Waals surface area contributed by atoms with Crippen molar-refractivity contribution in [2.45, 2.75) is 25.8 Å². The second-order valence-corrected chi connectivity index (χ2v) is 6.53. The molecule has 0 amide bonds. The zero-order chi connectivity index (χ0) is 12.5. The van der Waals surface area contributed by atoms with Crippen LogP contribution in [0.15, 0.2) is 24.3 Å². The third-order valence-corrected chi connectivity index (χ3v) is 4.54. The van der Waals surface area contributed by atoms with Crippen LogP contribution in [-0.2, 0) is 10.0 Å². The van der Waals surface area contributed by atoms with Crippen molar-refractivity contribution in [3.63, 3.8) is 0 Å². The van der Waals surface area contributed by atoms with Gasteiger partial charge in [-0.2, -0.15) is 0 Å². The van der Waals surface area contributed by atoms with E-state index in [9.17, 15) is 8.42 Å². The van der Waals surface area contributed by atoms with E-state index in [4.69, 9.17) is 5.73 Å². The van der Waals surface area contributed by atoms with Crippen LogP contribution in [-0.4, -0.2) is 14.2 Å². The first-order valence-electron chi connectivity index (χ1n) is 5.82. The Balaban J connectivity index is 2.02. The Kier molecular flexibility index (Phi) is 3.40. The fourth-order valence-electron chi connectivity index (χ4n) is 1.81. The maximum absolute atomic E-state index is 11.8. The van der Waals surface area contributed by atoms with E-state index in [1.54, 1.807) is 12.1 Å². The van der Waals surface area contributed by atoms with Gasteiger partial charge in [0.05, 0.1) is 5.75 Å². The van der Waals surface area contributed by atoms with Crippen molar-refractivity contribution in [3.8, 4) is 0 Å². The number of nitrogens with one attached hydrogen (secondary N) is 1. The molecule has 3 N–H and O–H groups in total. The highest BCUT2D eigenvalue weighted by molar-refractivity contribution is 7.89. The summed E-state index contributed by atoms with van der Waals surface area (Å²) in [6, 6.07) is 7.05. The normalized spacial score (nSPS) is 17.9. The quantitative estimate of drug-likeness (QED) is 0.785. The lowest BCUT2D eigenvalue weighted by atomic mass is 10.1. The average molecular weight is 254 g/mol. The van der Waals surface area contributed by atoms with E-state index in [0.29, 0.717) is 11.6 Å². The molecule has 94 valence electrons. The van der Waals surface area contributed by atoms with Crippen LogP contribution in [0.2, 0.25) is 0 Å². The molecule has 0 aliphatic heterocycles. The Labute approximate surface area is 102 Å². The van der Waals surface area contributed by atoms with Crippen molar-refractivity contribution in [1.82, 2.24) is 4.72 Å². The Morgan fingerprint density at radius 3 is 2.76 bits per heavy atom. The molecule has 1 unspecified atom stereocenters. The molecule has 1 aliphatic carbocycles. The van der Waals surface area contributed by atoms with E-state index in [0.717, 1.165) is 18.4 Å². The first-order chi connectivity index (χ1) is 7.96. The molecular weight excluding hydrogens is 236 g/mol. The van der Waals surface area contributed by atoms with Gasteiger partial charge in [0.2, 0.25) is 10.0 Å². The van der Waals surface area contributed by atoms with Crippen LogP contribution < -0.4 is 10.5 Å². The summed E-state index contributed by atoms with van der Waals surface area (Å²) >= 11 is 0. The summed E-state index contributed by atoms with van der Waals surface area (Å²) in [5, 5.41) is 0. The first-order valence-corrected chi connectivity index (χ1v) is 7.47. The average Bonchev–Trinajstić information content (AvgIpc) is 3.00. The van der Waals surface area contributed by atoms with Crippen LogP contribution >= 0.6 is 0 Å². The fourth-order valence-corrected chi connectivity index (χ4v) is 3.53. The zero-order valence-electron chi connectivity index (χ0n) is 9.89. The molecule has 0 heterocycles. The van der Waals surface area contributed by atoms with Crippen molar-refractivity contribution in [2.75, 3.05) is 11.5 Å². The highest BCUT2D eigenvalue weighted by Gasteiger charge is 2.28. The van der Waals surface area contributed by atoms with Gasteiger partial charge in [-0.1, -0.05) is 12.1 Å². The molecule has 1 atom stereocenters. The lowest BCUT2D eigenvalue weighted by Gasteiger charge is -2.14. The molecule has 1 aromatic rings. The number of nitrogen functional groups attached to an aromatic ring is 1. The third kappa shape index (κ3) is 3.71. The second-order valence-electron chi connectivity index (χ2n) is 4.73. The minimum Gasteiger partial charge on any atom is -0.399 e. The summed E-state index contributed by atoms with van der Waals surface area (Å²) in [6.07, 6.45) is 2.07. The van der Waals surface area contributed by atoms with Crippen molar-refractivity contribution in [3.05, 3.63) is 29.8 Å². The van der Waals surface area contributed by atoms with Crippen molar-refractivity contribution in [2.24, 2.45) is 5.92 Å². The Bertz CT molecular complexity index is 495. The second kappa shape index (κ2) is 4.66. The molecule has 2 rings (SSSR count). The van der Waals surface area contributed by atoms with Crippen LogP contribution in [0.4, 0.5) is 5.69 Å². The molecule has 0 radical (unpaired) electrons. The highest BCUT2D eigenvalue weighted by Crippen LogP contribution is 2.30. The van der Waals surface area contributed by atoms with Crippen LogP contribution in [0.3, 0.4) is 0 Å². The van der Waals surface area contributed by atoms with Crippen LogP contribution in [0.1, 0.15) is 31.4 Å². The van der Waals surface area contributed by atoms with Gasteiger partial charge in [-0.3, -0.25) is 0 Å². The predicted octanol–water partition coefficient (Wildman–Crippen LogP) is 1.66. The lowest BCUT2D eigenvalue weighted by Crippen LogP contribution is -2.29. The first kappa shape index (κ1) is 12.4. The smallest absolute Gasteiger partial charge is 0.212 e. The maximum atomic E-state index is 11.8. The summed E-state index contributed by atoms with van der Waals surface area (Å²) in [5.74, 6) is 0.611. The van der Waals surface area contributed by atoms with E-state index >= 15 is 0 Å². The summed E-state index contributed by atoms with van der Waals surface area (Å²) in [4.78, 5) is 0. The van der Waals surface area contributed by atoms with Gasteiger partial charge in [0.15, 0.2) is 0 Å². The van der Waals surface area contributed by atoms with E-state index in [1.807, 2.05) is 19.1 Å². The Hall–Kier alpha value is -1.07. The molecule has 17 heavy (non-hydrogen) atoms. The fraction of sp³-hybridized carbons (Fsp3) is 0.500. The molecule has 1 aliphatic rings. The Morgan fingerprint density at radius 1 is 1.47 bits per heavy atom. The largest absolute Gasteiger partial charge is 0.399 e. The van der Waals surface area contributed by atoms with Crippen LogP contribution in [0.25, 0.3) is 0 Å². The van der Waals surface area contributed by atoms with Crippen molar-refractivity contribution < 1.29 is 8.42 Å². The van der Waals surface area contributed by atoms with E-state index in [2.05, 4.69) is 4.72 Å².